The lowest BCUT2D eigenvalue weighted by molar-refractivity contribution is 0.0940. The average molecular weight is 338 g/mol. The molecule has 0 aliphatic heterocycles. The van der Waals surface area contributed by atoms with E-state index in [2.05, 4.69) is 5.32 Å². The Morgan fingerprint density at radius 3 is 2.09 bits per heavy atom. The first-order valence-corrected chi connectivity index (χ1v) is 8.91. The zero-order valence-corrected chi connectivity index (χ0v) is 13.8. The number of halogens is 1. The van der Waals surface area contributed by atoms with Crippen molar-refractivity contribution in [3.8, 4) is 0 Å². The average Bonchev–Trinajstić information content (AvgIpc) is 2.47. The Hall–Kier alpha value is -1.85. The van der Waals surface area contributed by atoms with Crippen molar-refractivity contribution in [3.63, 3.8) is 0 Å². The highest BCUT2D eigenvalue weighted by molar-refractivity contribution is 7.90. The molecular weight excluding hydrogens is 322 g/mol. The summed E-state index contributed by atoms with van der Waals surface area (Å²) in [5.41, 5.74) is 1.35. The Balaban J connectivity index is 2.10. The molecule has 2 rings (SSSR count). The van der Waals surface area contributed by atoms with E-state index >= 15 is 0 Å². The molecular formula is C16H16ClNO3S. The quantitative estimate of drug-likeness (QED) is 0.931. The maximum atomic E-state index is 12.2. The van der Waals surface area contributed by atoms with Crippen molar-refractivity contribution >= 4 is 27.3 Å². The van der Waals surface area contributed by atoms with Crippen molar-refractivity contribution in [2.24, 2.45) is 0 Å². The fourth-order valence-corrected chi connectivity index (χ4v) is 2.72. The van der Waals surface area contributed by atoms with E-state index < -0.39 is 9.84 Å². The monoisotopic (exact) mass is 337 g/mol. The molecule has 0 aliphatic rings. The topological polar surface area (TPSA) is 63.2 Å². The molecule has 0 saturated heterocycles. The minimum atomic E-state index is -3.26. The third kappa shape index (κ3) is 4.08. The second-order valence-corrected chi connectivity index (χ2v) is 7.50. The van der Waals surface area contributed by atoms with Crippen LogP contribution in [0, 0.1) is 0 Å². The van der Waals surface area contributed by atoms with E-state index in [1.54, 1.807) is 12.1 Å². The van der Waals surface area contributed by atoms with Crippen LogP contribution in [0.3, 0.4) is 0 Å². The van der Waals surface area contributed by atoms with Gasteiger partial charge in [-0.05, 0) is 48.9 Å². The van der Waals surface area contributed by atoms with Crippen LogP contribution >= 0.6 is 11.6 Å². The van der Waals surface area contributed by atoms with Crippen LogP contribution in [0.15, 0.2) is 53.4 Å². The van der Waals surface area contributed by atoms with Gasteiger partial charge in [0.2, 0.25) is 0 Å². The van der Waals surface area contributed by atoms with E-state index in [1.807, 2.05) is 19.1 Å². The number of hydrogen-bond donors (Lipinski definition) is 1. The summed E-state index contributed by atoms with van der Waals surface area (Å²) >= 11 is 5.83. The molecule has 6 heteroatoms. The second-order valence-electron chi connectivity index (χ2n) is 5.04. The smallest absolute Gasteiger partial charge is 0.251 e. The van der Waals surface area contributed by atoms with Gasteiger partial charge in [0.25, 0.3) is 5.91 Å². The number of carbonyl (C=O) groups excluding carboxylic acids is 1. The zero-order chi connectivity index (χ0) is 16.3. The van der Waals surface area contributed by atoms with E-state index in [1.165, 1.54) is 24.3 Å². The number of amides is 1. The predicted molar refractivity (Wildman–Crippen MR) is 86.9 cm³/mol. The van der Waals surface area contributed by atoms with Crippen LogP contribution in [-0.4, -0.2) is 20.6 Å². The van der Waals surface area contributed by atoms with Gasteiger partial charge in [0.1, 0.15) is 0 Å². The van der Waals surface area contributed by atoms with Crippen LogP contribution in [0.4, 0.5) is 0 Å². The normalized spacial score (nSPS) is 12.7. The van der Waals surface area contributed by atoms with Crippen molar-refractivity contribution in [3.05, 3.63) is 64.7 Å². The van der Waals surface area contributed by atoms with Crippen molar-refractivity contribution in [2.75, 3.05) is 6.26 Å². The third-order valence-electron chi connectivity index (χ3n) is 3.26. The summed E-state index contributed by atoms with van der Waals surface area (Å²) in [6, 6.07) is 12.9. The first-order valence-electron chi connectivity index (χ1n) is 6.64. The highest BCUT2D eigenvalue weighted by Gasteiger charge is 2.13. The first-order chi connectivity index (χ1) is 10.3. The molecule has 0 spiro atoms. The Labute approximate surface area is 135 Å². The molecule has 4 nitrogen and oxygen atoms in total. The highest BCUT2D eigenvalue weighted by atomic mass is 35.5. The largest absolute Gasteiger partial charge is 0.346 e. The molecule has 0 unspecified atom stereocenters. The number of carbonyl (C=O) groups is 1. The van der Waals surface area contributed by atoms with Crippen molar-refractivity contribution in [1.29, 1.82) is 0 Å². The van der Waals surface area contributed by atoms with Gasteiger partial charge in [0.05, 0.1) is 10.9 Å². The summed E-state index contributed by atoms with van der Waals surface area (Å²) in [4.78, 5) is 12.4. The SMILES string of the molecule is C[C@H](NC(=O)c1ccc(S(C)(=O)=O)cc1)c1ccc(Cl)cc1. The maximum absolute atomic E-state index is 12.2. The fraction of sp³-hybridized carbons (Fsp3) is 0.188. The van der Waals surface area contributed by atoms with Crippen LogP contribution < -0.4 is 5.32 Å². The molecule has 22 heavy (non-hydrogen) atoms. The molecule has 2 aromatic carbocycles. The third-order valence-corrected chi connectivity index (χ3v) is 4.64. The highest BCUT2D eigenvalue weighted by Crippen LogP contribution is 2.17. The lowest BCUT2D eigenvalue weighted by Crippen LogP contribution is -2.26. The summed E-state index contributed by atoms with van der Waals surface area (Å²) < 4.78 is 22.8. The molecule has 2 aromatic rings. The molecule has 0 fully saturated rings. The van der Waals surface area contributed by atoms with E-state index in [0.717, 1.165) is 11.8 Å². The molecule has 0 bridgehead atoms. The number of benzene rings is 2. The van der Waals surface area contributed by atoms with Gasteiger partial charge in [-0.3, -0.25) is 4.79 Å². The van der Waals surface area contributed by atoms with Gasteiger partial charge in [-0.1, -0.05) is 23.7 Å². The van der Waals surface area contributed by atoms with Crippen molar-refractivity contribution in [2.45, 2.75) is 17.9 Å². The molecule has 0 aromatic heterocycles. The van der Waals surface area contributed by atoms with Crippen LogP contribution in [-0.2, 0) is 9.84 Å². The number of hydrogen-bond acceptors (Lipinski definition) is 3. The van der Waals surface area contributed by atoms with Gasteiger partial charge in [0.15, 0.2) is 9.84 Å². The molecule has 0 aliphatic carbocycles. The van der Waals surface area contributed by atoms with Crippen LogP contribution in [0.5, 0.6) is 0 Å². The summed E-state index contributed by atoms with van der Waals surface area (Å²) in [5.74, 6) is -0.262. The van der Waals surface area contributed by atoms with E-state index in [9.17, 15) is 13.2 Å². The summed E-state index contributed by atoms with van der Waals surface area (Å²) in [6.07, 6.45) is 1.13. The molecule has 1 atom stereocenters. The van der Waals surface area contributed by atoms with Gasteiger partial charge in [-0.2, -0.15) is 0 Å². The molecule has 116 valence electrons. The Bertz CT molecular complexity index is 768. The Morgan fingerprint density at radius 1 is 1.05 bits per heavy atom. The summed E-state index contributed by atoms with van der Waals surface area (Å²) in [7, 11) is -3.26. The van der Waals surface area contributed by atoms with Gasteiger partial charge in [0, 0.05) is 16.8 Å². The van der Waals surface area contributed by atoms with Crippen molar-refractivity contribution in [1.82, 2.24) is 5.32 Å². The lowest BCUT2D eigenvalue weighted by atomic mass is 10.1. The minimum absolute atomic E-state index is 0.181. The number of rotatable bonds is 4. The van der Waals surface area contributed by atoms with Gasteiger partial charge in [-0.25, -0.2) is 8.42 Å². The van der Waals surface area contributed by atoms with Gasteiger partial charge >= 0.3 is 0 Å². The fourth-order valence-electron chi connectivity index (χ4n) is 1.97. The zero-order valence-electron chi connectivity index (χ0n) is 12.2. The van der Waals surface area contributed by atoms with Crippen LogP contribution in [0.2, 0.25) is 5.02 Å². The lowest BCUT2D eigenvalue weighted by Gasteiger charge is -2.14. The molecule has 0 saturated carbocycles. The summed E-state index contributed by atoms with van der Waals surface area (Å²) in [5, 5.41) is 3.50. The molecule has 0 heterocycles. The maximum Gasteiger partial charge on any atom is 0.251 e. The molecule has 1 amide bonds. The van der Waals surface area contributed by atoms with E-state index in [-0.39, 0.29) is 16.8 Å². The second kappa shape index (κ2) is 6.50. The number of nitrogens with one attached hydrogen (secondary N) is 1. The predicted octanol–water partition coefficient (Wildman–Crippen LogP) is 3.23. The van der Waals surface area contributed by atoms with Crippen LogP contribution in [0.1, 0.15) is 28.9 Å². The van der Waals surface area contributed by atoms with E-state index in [0.29, 0.717) is 10.6 Å². The molecule has 0 radical (unpaired) electrons. The molecule has 1 N–H and O–H groups in total. The minimum Gasteiger partial charge on any atom is -0.346 e. The Kier molecular flexibility index (Phi) is 4.88. The summed E-state index contributed by atoms with van der Waals surface area (Å²) in [6.45, 7) is 1.87. The standard InChI is InChI=1S/C16H16ClNO3S/c1-11(12-3-7-14(17)8-4-12)18-16(19)13-5-9-15(10-6-13)22(2,20)21/h3-11H,1-2H3,(H,18,19)/t11-/m0/s1. The van der Waals surface area contributed by atoms with Gasteiger partial charge in [-0.15, -0.1) is 0 Å². The first kappa shape index (κ1) is 16.5. The van der Waals surface area contributed by atoms with Gasteiger partial charge < -0.3 is 5.32 Å². The van der Waals surface area contributed by atoms with E-state index in [4.69, 9.17) is 11.6 Å². The van der Waals surface area contributed by atoms with Crippen molar-refractivity contribution < 1.29 is 13.2 Å². The Morgan fingerprint density at radius 2 is 1.59 bits per heavy atom. The van der Waals surface area contributed by atoms with Crippen LogP contribution in [0.25, 0.3) is 0 Å². The number of sulfone groups is 1.